The van der Waals surface area contributed by atoms with Crippen molar-refractivity contribution in [3.8, 4) is 0 Å². The molecule has 144 valence electrons. The van der Waals surface area contributed by atoms with Crippen LogP contribution in [0.2, 0.25) is 0 Å². The Kier molecular flexibility index (Phi) is 7.97. The fraction of sp³-hybridized carbons (Fsp3) is 0.316. The largest absolute Gasteiger partial charge is 0.465 e. The number of methoxy groups -OCH3 is 1. The summed E-state index contributed by atoms with van der Waals surface area (Å²) in [5, 5.41) is 4.58. The minimum absolute atomic E-state index is 0.165. The van der Waals surface area contributed by atoms with Gasteiger partial charge in [-0.2, -0.15) is 0 Å². The molecular weight excluding hydrogens is 368 g/mol. The summed E-state index contributed by atoms with van der Waals surface area (Å²) in [6.07, 6.45) is 0. The number of rotatable bonds is 9. The fourth-order valence-corrected chi connectivity index (χ4v) is 2.95. The summed E-state index contributed by atoms with van der Waals surface area (Å²) in [5.41, 5.74) is 0.862. The van der Waals surface area contributed by atoms with E-state index in [0.717, 1.165) is 0 Å². The Balaban J connectivity index is 2.12. The molecule has 0 unspecified atom stereocenters. The summed E-state index contributed by atoms with van der Waals surface area (Å²) in [7, 11) is 1.52. The van der Waals surface area contributed by atoms with E-state index in [9.17, 15) is 14.4 Å². The molecule has 2 amide bonds. The summed E-state index contributed by atoms with van der Waals surface area (Å²) in [5.74, 6) is -1.06. The average molecular weight is 390 g/mol. The van der Waals surface area contributed by atoms with Gasteiger partial charge in [0.05, 0.1) is 18.1 Å². The highest BCUT2D eigenvalue weighted by molar-refractivity contribution is 7.12. The number of anilines is 1. The van der Waals surface area contributed by atoms with Crippen molar-refractivity contribution in [1.29, 1.82) is 0 Å². The third-order valence-corrected chi connectivity index (χ3v) is 4.46. The van der Waals surface area contributed by atoms with Crippen LogP contribution in [-0.4, -0.2) is 56.1 Å². The van der Waals surface area contributed by atoms with Crippen molar-refractivity contribution in [2.75, 3.05) is 38.7 Å². The molecule has 1 aromatic carbocycles. The summed E-state index contributed by atoms with van der Waals surface area (Å²) in [6.45, 7) is 2.33. The van der Waals surface area contributed by atoms with Gasteiger partial charge in [0.25, 0.3) is 11.8 Å². The zero-order valence-electron chi connectivity index (χ0n) is 15.3. The number of ether oxygens (including phenoxy) is 2. The van der Waals surface area contributed by atoms with E-state index < -0.39 is 5.97 Å². The van der Waals surface area contributed by atoms with Gasteiger partial charge in [-0.05, 0) is 36.6 Å². The lowest BCUT2D eigenvalue weighted by atomic mass is 10.1. The number of hydrogen-bond donors (Lipinski definition) is 1. The molecule has 0 spiro atoms. The first-order valence-corrected chi connectivity index (χ1v) is 9.32. The minimum Gasteiger partial charge on any atom is -0.465 e. The van der Waals surface area contributed by atoms with Gasteiger partial charge >= 0.3 is 5.97 Å². The normalized spacial score (nSPS) is 10.3. The van der Waals surface area contributed by atoms with Gasteiger partial charge in [0.15, 0.2) is 0 Å². The first kappa shape index (κ1) is 20.6. The molecule has 1 aromatic heterocycles. The van der Waals surface area contributed by atoms with E-state index in [1.54, 1.807) is 43.3 Å². The molecule has 1 heterocycles. The van der Waals surface area contributed by atoms with E-state index in [-0.39, 0.29) is 31.5 Å². The molecule has 0 aliphatic rings. The second kappa shape index (κ2) is 10.4. The smallest absolute Gasteiger partial charge is 0.325 e. The van der Waals surface area contributed by atoms with Crippen LogP contribution in [0.1, 0.15) is 27.0 Å². The summed E-state index contributed by atoms with van der Waals surface area (Å²) in [6, 6.07) is 10.1. The number of hydrogen-bond acceptors (Lipinski definition) is 6. The Labute approximate surface area is 161 Å². The highest BCUT2D eigenvalue weighted by Crippen LogP contribution is 2.16. The number of benzene rings is 1. The van der Waals surface area contributed by atoms with E-state index in [1.807, 2.05) is 5.38 Å². The van der Waals surface area contributed by atoms with Crippen LogP contribution in [0.15, 0.2) is 41.8 Å². The lowest BCUT2D eigenvalue weighted by Gasteiger charge is -2.21. The molecule has 2 rings (SSSR count). The Morgan fingerprint density at radius 2 is 2.00 bits per heavy atom. The van der Waals surface area contributed by atoms with Gasteiger partial charge in [-0.25, -0.2) is 0 Å². The van der Waals surface area contributed by atoms with E-state index in [4.69, 9.17) is 9.47 Å². The highest BCUT2D eigenvalue weighted by Gasteiger charge is 2.20. The molecule has 2 aromatic rings. The zero-order chi connectivity index (χ0) is 19.6. The van der Waals surface area contributed by atoms with Crippen LogP contribution in [0.3, 0.4) is 0 Å². The van der Waals surface area contributed by atoms with Crippen LogP contribution < -0.4 is 5.32 Å². The van der Waals surface area contributed by atoms with Crippen LogP contribution in [0, 0.1) is 0 Å². The molecule has 0 bridgehead atoms. The molecule has 0 fully saturated rings. The Morgan fingerprint density at radius 3 is 2.67 bits per heavy atom. The maximum Gasteiger partial charge on any atom is 0.325 e. The van der Waals surface area contributed by atoms with Crippen molar-refractivity contribution in [2.24, 2.45) is 0 Å². The van der Waals surface area contributed by atoms with E-state index in [1.165, 1.54) is 23.3 Å². The first-order chi connectivity index (χ1) is 13.0. The van der Waals surface area contributed by atoms with Crippen LogP contribution in [0.4, 0.5) is 5.69 Å². The maximum atomic E-state index is 12.8. The lowest BCUT2D eigenvalue weighted by Crippen LogP contribution is -2.38. The molecule has 1 N–H and O–H groups in total. The molecule has 8 heteroatoms. The number of esters is 1. The van der Waals surface area contributed by atoms with Gasteiger partial charge in [0.1, 0.15) is 6.54 Å². The molecule has 0 aliphatic heterocycles. The molecule has 0 atom stereocenters. The van der Waals surface area contributed by atoms with E-state index in [2.05, 4.69) is 5.32 Å². The second-order valence-electron chi connectivity index (χ2n) is 5.54. The summed E-state index contributed by atoms with van der Waals surface area (Å²) in [4.78, 5) is 38.7. The van der Waals surface area contributed by atoms with Crippen molar-refractivity contribution >= 4 is 34.8 Å². The van der Waals surface area contributed by atoms with Crippen LogP contribution in [-0.2, 0) is 14.3 Å². The SMILES string of the molecule is CCOC(=O)CN(CCOC)C(=O)c1cccc(NC(=O)c2cccs2)c1. The van der Waals surface area contributed by atoms with Crippen molar-refractivity contribution in [2.45, 2.75) is 6.92 Å². The maximum absolute atomic E-state index is 12.8. The standard InChI is InChI=1S/C19H22N2O5S/c1-3-26-17(22)13-21(9-10-25-2)19(24)14-6-4-7-15(12-14)20-18(23)16-8-5-11-27-16/h4-8,11-12H,3,9-10,13H2,1-2H3,(H,20,23). The third kappa shape index (κ3) is 6.19. The molecule has 0 saturated heterocycles. The summed E-state index contributed by atoms with van der Waals surface area (Å²) >= 11 is 1.33. The van der Waals surface area contributed by atoms with E-state index in [0.29, 0.717) is 22.7 Å². The van der Waals surface area contributed by atoms with E-state index >= 15 is 0 Å². The number of amides is 2. The van der Waals surface area contributed by atoms with Gasteiger partial charge < -0.3 is 19.7 Å². The van der Waals surface area contributed by atoms with Gasteiger partial charge in [-0.1, -0.05) is 12.1 Å². The van der Waals surface area contributed by atoms with Crippen molar-refractivity contribution in [1.82, 2.24) is 4.90 Å². The highest BCUT2D eigenvalue weighted by atomic mass is 32.1. The Bertz CT molecular complexity index is 776. The number of thiophene rings is 1. The Hall–Kier alpha value is -2.71. The molecule has 0 radical (unpaired) electrons. The number of carbonyl (C=O) groups is 3. The number of nitrogens with zero attached hydrogens (tertiary/aromatic N) is 1. The number of carbonyl (C=O) groups excluding carboxylic acids is 3. The van der Waals surface area contributed by atoms with Gasteiger partial charge in [0, 0.05) is 24.9 Å². The predicted molar refractivity (Wildman–Crippen MR) is 103 cm³/mol. The molecule has 27 heavy (non-hydrogen) atoms. The topological polar surface area (TPSA) is 84.9 Å². The van der Waals surface area contributed by atoms with Crippen molar-refractivity contribution in [3.05, 3.63) is 52.2 Å². The quantitative estimate of drug-likeness (QED) is 0.666. The molecule has 0 saturated carbocycles. The predicted octanol–water partition coefficient (Wildman–Crippen LogP) is 2.65. The van der Waals surface area contributed by atoms with Crippen LogP contribution in [0.5, 0.6) is 0 Å². The van der Waals surface area contributed by atoms with Gasteiger partial charge in [0.2, 0.25) is 0 Å². The number of nitrogens with one attached hydrogen (secondary N) is 1. The van der Waals surface area contributed by atoms with Crippen molar-refractivity contribution < 1.29 is 23.9 Å². The van der Waals surface area contributed by atoms with Gasteiger partial charge in [-0.3, -0.25) is 14.4 Å². The first-order valence-electron chi connectivity index (χ1n) is 8.44. The van der Waals surface area contributed by atoms with Crippen molar-refractivity contribution in [3.63, 3.8) is 0 Å². The van der Waals surface area contributed by atoms with Crippen LogP contribution in [0.25, 0.3) is 0 Å². The zero-order valence-corrected chi connectivity index (χ0v) is 16.1. The second-order valence-corrected chi connectivity index (χ2v) is 6.48. The Morgan fingerprint density at radius 1 is 1.19 bits per heavy atom. The average Bonchev–Trinajstić information content (AvgIpc) is 3.20. The molecule has 0 aliphatic carbocycles. The molecular formula is C19H22N2O5S. The molecule has 7 nitrogen and oxygen atoms in total. The third-order valence-electron chi connectivity index (χ3n) is 3.59. The van der Waals surface area contributed by atoms with Gasteiger partial charge in [-0.15, -0.1) is 11.3 Å². The summed E-state index contributed by atoms with van der Waals surface area (Å²) < 4.78 is 9.94. The fourth-order valence-electron chi connectivity index (χ4n) is 2.33. The lowest BCUT2D eigenvalue weighted by molar-refractivity contribution is -0.143. The van der Waals surface area contributed by atoms with Crippen LogP contribution >= 0.6 is 11.3 Å². The monoisotopic (exact) mass is 390 g/mol. The minimum atomic E-state index is -0.482.